The molecular weight excluding hydrogens is 469 g/mol. The molecule has 0 radical (unpaired) electrons. The number of hydrogen-bond acceptors (Lipinski definition) is 5. The Morgan fingerprint density at radius 3 is 2.54 bits per heavy atom. The molecule has 3 atom stereocenters. The maximum absolute atomic E-state index is 15.2. The molecule has 0 bridgehead atoms. The van der Waals surface area contributed by atoms with Crippen LogP contribution >= 0.6 is 0 Å². The largest absolute Gasteiger partial charge is 0.494 e. The van der Waals surface area contributed by atoms with Crippen LogP contribution in [0.5, 0.6) is 5.75 Å². The summed E-state index contributed by atoms with van der Waals surface area (Å²) in [6.07, 6.45) is 4.38. The van der Waals surface area contributed by atoms with Crippen molar-refractivity contribution in [3.8, 4) is 11.8 Å². The number of carbonyl (C=O) groups is 1. The number of halogens is 1. The van der Waals surface area contributed by atoms with Crippen molar-refractivity contribution in [3.63, 3.8) is 0 Å². The standard InChI is InChI=1S/C30H34FN3O3/c1-22(35)37-29-10-5-8-27(29)30(21-32,26-7-3-4-9-28(26)31)23-15-18-34(19-16-23)17-6-20-36-25-13-11-24(33-2)12-14-25/h3-4,7,9,11-14,23,27,29H,5-6,8,10,15-20H2,1H3/t27-,29-,30?/m0/s1. The van der Waals surface area contributed by atoms with Crippen LogP contribution in [0.3, 0.4) is 0 Å². The highest BCUT2D eigenvalue weighted by Crippen LogP contribution is 2.51. The third-order valence-corrected chi connectivity index (χ3v) is 7.94. The molecule has 2 aliphatic rings. The number of esters is 1. The fourth-order valence-electron chi connectivity index (χ4n) is 6.26. The summed E-state index contributed by atoms with van der Waals surface area (Å²) in [4.78, 5) is 17.6. The number of carbonyl (C=O) groups excluding carboxylic acids is 1. The first-order valence-corrected chi connectivity index (χ1v) is 13.1. The van der Waals surface area contributed by atoms with E-state index < -0.39 is 5.41 Å². The lowest BCUT2D eigenvalue weighted by molar-refractivity contribution is -0.149. The van der Waals surface area contributed by atoms with Crippen molar-refractivity contribution in [3.05, 3.63) is 71.3 Å². The molecule has 1 saturated heterocycles. The van der Waals surface area contributed by atoms with Crippen molar-refractivity contribution >= 4 is 11.7 Å². The van der Waals surface area contributed by atoms with E-state index in [2.05, 4.69) is 15.8 Å². The van der Waals surface area contributed by atoms with Gasteiger partial charge in [0.15, 0.2) is 5.69 Å². The van der Waals surface area contributed by atoms with Crippen molar-refractivity contribution in [2.24, 2.45) is 11.8 Å². The first kappa shape index (κ1) is 26.6. The first-order chi connectivity index (χ1) is 18.0. The molecule has 1 heterocycles. The summed E-state index contributed by atoms with van der Waals surface area (Å²) in [6.45, 7) is 11.5. The Hall–Kier alpha value is -3.42. The van der Waals surface area contributed by atoms with Gasteiger partial charge in [0, 0.05) is 24.9 Å². The lowest BCUT2D eigenvalue weighted by Gasteiger charge is -2.45. The average molecular weight is 504 g/mol. The van der Waals surface area contributed by atoms with Gasteiger partial charge in [-0.3, -0.25) is 4.79 Å². The number of piperidine rings is 1. The quantitative estimate of drug-likeness (QED) is 0.237. The molecule has 7 heteroatoms. The summed E-state index contributed by atoms with van der Waals surface area (Å²) in [5.41, 5.74) is 0.00254. The van der Waals surface area contributed by atoms with Crippen LogP contribution in [0.1, 0.15) is 51.0 Å². The van der Waals surface area contributed by atoms with Crippen LogP contribution in [0.4, 0.5) is 10.1 Å². The summed E-state index contributed by atoms with van der Waals surface area (Å²) in [6, 6.07) is 16.4. The Morgan fingerprint density at radius 2 is 1.89 bits per heavy atom. The maximum atomic E-state index is 15.2. The zero-order valence-electron chi connectivity index (χ0n) is 21.4. The molecule has 0 amide bonds. The summed E-state index contributed by atoms with van der Waals surface area (Å²) in [5, 5.41) is 10.7. The van der Waals surface area contributed by atoms with Crippen LogP contribution in [-0.4, -0.2) is 43.2 Å². The molecule has 1 aliphatic carbocycles. The van der Waals surface area contributed by atoms with Gasteiger partial charge in [0.05, 0.1) is 24.7 Å². The summed E-state index contributed by atoms with van der Waals surface area (Å²) >= 11 is 0. The number of hydrogen-bond donors (Lipinski definition) is 0. The van der Waals surface area contributed by atoms with E-state index in [-0.39, 0.29) is 29.7 Å². The van der Waals surface area contributed by atoms with Crippen molar-refractivity contribution in [2.45, 2.75) is 57.0 Å². The second-order valence-corrected chi connectivity index (χ2v) is 10.1. The molecule has 0 aromatic heterocycles. The van der Waals surface area contributed by atoms with Gasteiger partial charge in [0.25, 0.3) is 0 Å². The van der Waals surface area contributed by atoms with Crippen LogP contribution in [0.25, 0.3) is 4.85 Å². The van der Waals surface area contributed by atoms with Crippen molar-refractivity contribution in [1.29, 1.82) is 5.26 Å². The first-order valence-electron chi connectivity index (χ1n) is 13.1. The fourth-order valence-corrected chi connectivity index (χ4v) is 6.26. The molecule has 2 aromatic rings. The van der Waals surface area contributed by atoms with Crippen LogP contribution in [0.2, 0.25) is 0 Å². The maximum Gasteiger partial charge on any atom is 0.302 e. The predicted molar refractivity (Wildman–Crippen MR) is 139 cm³/mol. The van der Waals surface area contributed by atoms with Crippen molar-refractivity contribution in [1.82, 2.24) is 4.90 Å². The Balaban J connectivity index is 1.42. The summed E-state index contributed by atoms with van der Waals surface area (Å²) in [7, 11) is 0. The number of nitriles is 1. The van der Waals surface area contributed by atoms with Gasteiger partial charge in [0.1, 0.15) is 17.7 Å². The monoisotopic (exact) mass is 503 g/mol. The number of likely N-dealkylation sites (tertiary alicyclic amines) is 1. The molecule has 0 spiro atoms. The summed E-state index contributed by atoms with van der Waals surface area (Å²) in [5.74, 6) is -0.201. The van der Waals surface area contributed by atoms with Gasteiger partial charge >= 0.3 is 5.97 Å². The Labute approximate surface area is 218 Å². The second kappa shape index (κ2) is 12.2. The highest BCUT2D eigenvalue weighted by Gasteiger charge is 2.54. The molecule has 6 nitrogen and oxygen atoms in total. The van der Waals surface area contributed by atoms with Gasteiger partial charge < -0.3 is 14.4 Å². The van der Waals surface area contributed by atoms with Gasteiger partial charge in [-0.15, -0.1) is 0 Å². The highest BCUT2D eigenvalue weighted by molar-refractivity contribution is 5.66. The average Bonchev–Trinajstić information content (AvgIpc) is 3.37. The van der Waals surface area contributed by atoms with Crippen molar-refractivity contribution in [2.75, 3.05) is 26.2 Å². The molecule has 1 saturated carbocycles. The Morgan fingerprint density at radius 1 is 1.16 bits per heavy atom. The van der Waals surface area contributed by atoms with Gasteiger partial charge in [-0.25, -0.2) is 9.24 Å². The number of rotatable bonds is 9. The minimum atomic E-state index is -1.03. The van der Waals surface area contributed by atoms with E-state index >= 15 is 4.39 Å². The summed E-state index contributed by atoms with van der Waals surface area (Å²) < 4.78 is 26.7. The zero-order valence-corrected chi connectivity index (χ0v) is 21.4. The van der Waals surface area contributed by atoms with E-state index in [1.54, 1.807) is 30.3 Å². The van der Waals surface area contributed by atoms with E-state index in [1.165, 1.54) is 13.0 Å². The van der Waals surface area contributed by atoms with Crippen LogP contribution in [-0.2, 0) is 14.9 Å². The molecule has 0 N–H and O–H groups in total. The fraction of sp³-hybridized carbons (Fsp3) is 0.500. The third-order valence-electron chi connectivity index (χ3n) is 7.94. The number of benzene rings is 2. The topological polar surface area (TPSA) is 66.9 Å². The van der Waals surface area contributed by atoms with Gasteiger partial charge in [-0.05, 0) is 75.7 Å². The second-order valence-electron chi connectivity index (χ2n) is 10.1. The molecule has 2 fully saturated rings. The third kappa shape index (κ3) is 5.95. The van der Waals surface area contributed by atoms with E-state index in [0.29, 0.717) is 24.3 Å². The van der Waals surface area contributed by atoms with Gasteiger partial charge in [-0.1, -0.05) is 30.3 Å². The molecule has 4 rings (SSSR count). The molecule has 2 aromatic carbocycles. The van der Waals surface area contributed by atoms with E-state index in [9.17, 15) is 10.1 Å². The number of nitrogens with zero attached hydrogens (tertiary/aromatic N) is 3. The number of ether oxygens (including phenoxy) is 2. The minimum absolute atomic E-state index is 0.0241. The lowest BCUT2D eigenvalue weighted by atomic mass is 9.59. The molecule has 1 unspecified atom stereocenters. The normalized spacial score (nSPS) is 21.9. The Bertz CT molecular complexity index is 1150. The van der Waals surface area contributed by atoms with Gasteiger partial charge in [-0.2, -0.15) is 5.26 Å². The predicted octanol–water partition coefficient (Wildman–Crippen LogP) is 6.05. The molecule has 1 aliphatic heterocycles. The molecular formula is C30H34FN3O3. The molecule has 37 heavy (non-hydrogen) atoms. The van der Waals surface area contributed by atoms with Crippen LogP contribution in [0.15, 0.2) is 48.5 Å². The minimum Gasteiger partial charge on any atom is -0.494 e. The zero-order chi connectivity index (χ0) is 26.3. The smallest absolute Gasteiger partial charge is 0.302 e. The molecule has 194 valence electrons. The SMILES string of the molecule is [C-]#[N+]c1ccc(OCCCN2CCC(C(C#N)(c3ccccc3F)[C@H]3CCC[C@@H]3OC(C)=O)CC2)cc1. The Kier molecular flexibility index (Phi) is 8.79. The van der Waals surface area contributed by atoms with E-state index in [1.807, 2.05) is 12.1 Å². The highest BCUT2D eigenvalue weighted by atomic mass is 19.1. The van der Waals surface area contributed by atoms with Gasteiger partial charge in [0.2, 0.25) is 0 Å². The van der Waals surface area contributed by atoms with Crippen molar-refractivity contribution < 1.29 is 18.7 Å². The van der Waals surface area contributed by atoms with Crippen LogP contribution < -0.4 is 4.74 Å². The van der Waals surface area contributed by atoms with E-state index in [0.717, 1.165) is 57.5 Å². The van der Waals surface area contributed by atoms with E-state index in [4.69, 9.17) is 16.0 Å². The lowest BCUT2D eigenvalue weighted by Crippen LogP contribution is -2.50. The van der Waals surface area contributed by atoms with Crippen LogP contribution in [0, 0.1) is 35.6 Å².